The zero-order valence-electron chi connectivity index (χ0n) is 10.2. The van der Waals surface area contributed by atoms with Crippen molar-refractivity contribution in [1.29, 1.82) is 0 Å². The van der Waals surface area contributed by atoms with E-state index in [1.165, 1.54) is 7.11 Å². The highest BCUT2D eigenvalue weighted by molar-refractivity contribution is 5.85. The Bertz CT molecular complexity index is 351. The number of esters is 1. The average molecular weight is 260 g/mol. The second kappa shape index (κ2) is 7.14. The highest BCUT2D eigenvalue weighted by Gasteiger charge is 2.15. The van der Waals surface area contributed by atoms with Crippen molar-refractivity contribution < 1.29 is 14.3 Å². The van der Waals surface area contributed by atoms with Gasteiger partial charge in [0, 0.05) is 0 Å². The van der Waals surface area contributed by atoms with E-state index >= 15 is 0 Å². The Morgan fingerprint density at radius 3 is 2.18 bits per heavy atom. The van der Waals surface area contributed by atoms with E-state index in [0.29, 0.717) is 5.56 Å². The van der Waals surface area contributed by atoms with Gasteiger partial charge in [-0.15, -0.1) is 12.4 Å². The van der Waals surface area contributed by atoms with Gasteiger partial charge in [-0.3, -0.25) is 4.79 Å². The number of rotatable bonds is 4. The summed E-state index contributed by atoms with van der Waals surface area (Å²) in [5.41, 5.74) is 6.40. The Balaban J connectivity index is 0.00000256. The molecule has 0 heterocycles. The summed E-state index contributed by atoms with van der Waals surface area (Å²) in [5.74, 6) is 0.313. The number of carbonyl (C=O) groups excluding carboxylic acids is 1. The zero-order chi connectivity index (χ0) is 12.1. The monoisotopic (exact) mass is 259 g/mol. The first-order chi connectivity index (χ1) is 7.54. The van der Waals surface area contributed by atoms with Gasteiger partial charge in [-0.1, -0.05) is 12.1 Å². The van der Waals surface area contributed by atoms with E-state index in [-0.39, 0.29) is 18.5 Å². The summed E-state index contributed by atoms with van der Waals surface area (Å²) < 4.78 is 10.0. The number of halogens is 1. The van der Waals surface area contributed by atoms with E-state index in [0.717, 1.165) is 5.75 Å². The van der Waals surface area contributed by atoms with Crippen molar-refractivity contribution in [1.82, 2.24) is 0 Å². The van der Waals surface area contributed by atoms with Crippen LogP contribution < -0.4 is 10.5 Å². The maximum atomic E-state index is 11.2. The third-order valence-corrected chi connectivity index (χ3v) is 2.07. The number of benzene rings is 1. The smallest absolute Gasteiger partial charge is 0.327 e. The minimum Gasteiger partial charge on any atom is -0.491 e. The molecule has 1 aromatic rings. The van der Waals surface area contributed by atoms with Crippen molar-refractivity contribution in [3.8, 4) is 5.75 Å². The number of nitrogens with two attached hydrogens (primary N) is 1. The van der Waals surface area contributed by atoms with Crippen molar-refractivity contribution in [2.24, 2.45) is 5.73 Å². The van der Waals surface area contributed by atoms with Crippen LogP contribution in [0.4, 0.5) is 0 Å². The van der Waals surface area contributed by atoms with E-state index in [1.54, 1.807) is 24.3 Å². The molecule has 0 amide bonds. The molecule has 5 heteroatoms. The Labute approximate surface area is 108 Å². The van der Waals surface area contributed by atoms with Crippen LogP contribution in [0.5, 0.6) is 5.75 Å². The normalized spacial score (nSPS) is 11.6. The largest absolute Gasteiger partial charge is 0.491 e. The lowest BCUT2D eigenvalue weighted by molar-refractivity contribution is -0.142. The minimum atomic E-state index is -0.738. The molecular formula is C12H18ClNO3. The lowest BCUT2D eigenvalue weighted by atomic mass is 10.1. The summed E-state index contributed by atoms with van der Waals surface area (Å²) in [6.45, 7) is 3.90. The summed E-state index contributed by atoms with van der Waals surface area (Å²) in [6, 6.07) is 6.37. The number of ether oxygens (including phenoxy) is 2. The van der Waals surface area contributed by atoms with Gasteiger partial charge in [-0.25, -0.2) is 0 Å². The van der Waals surface area contributed by atoms with Crippen molar-refractivity contribution in [3.63, 3.8) is 0 Å². The first kappa shape index (κ1) is 15.7. The molecule has 0 saturated carbocycles. The fourth-order valence-corrected chi connectivity index (χ4v) is 1.29. The molecule has 0 aliphatic rings. The fourth-order valence-electron chi connectivity index (χ4n) is 1.29. The van der Waals surface area contributed by atoms with Crippen LogP contribution in [0.3, 0.4) is 0 Å². The van der Waals surface area contributed by atoms with Crippen LogP contribution in [-0.2, 0) is 9.53 Å². The van der Waals surface area contributed by atoms with Gasteiger partial charge in [0.25, 0.3) is 0 Å². The molecule has 0 spiro atoms. The molecule has 0 unspecified atom stereocenters. The van der Waals surface area contributed by atoms with Crippen molar-refractivity contribution in [2.45, 2.75) is 26.0 Å². The second-order valence-corrected chi connectivity index (χ2v) is 3.74. The molecule has 4 nitrogen and oxygen atoms in total. The van der Waals surface area contributed by atoms with Gasteiger partial charge in [0.2, 0.25) is 0 Å². The standard InChI is InChI=1S/C12H17NO3.ClH/c1-8(2)16-10-6-4-9(5-7-10)11(13)12(14)15-3;/h4-8,11H,13H2,1-3H3;1H/t11-;/m1./s1. The molecule has 0 bridgehead atoms. The SMILES string of the molecule is COC(=O)[C@H](N)c1ccc(OC(C)C)cc1.Cl. The molecule has 17 heavy (non-hydrogen) atoms. The zero-order valence-corrected chi connectivity index (χ0v) is 11.0. The third-order valence-electron chi connectivity index (χ3n) is 2.07. The Morgan fingerprint density at radius 1 is 1.24 bits per heavy atom. The first-order valence-electron chi connectivity index (χ1n) is 5.14. The molecular weight excluding hydrogens is 242 g/mol. The number of methoxy groups -OCH3 is 1. The lowest BCUT2D eigenvalue weighted by Gasteiger charge is -2.12. The van der Waals surface area contributed by atoms with Crippen LogP contribution in [0, 0.1) is 0 Å². The average Bonchev–Trinajstić information content (AvgIpc) is 2.27. The highest BCUT2D eigenvalue weighted by Crippen LogP contribution is 2.18. The first-order valence-corrected chi connectivity index (χ1v) is 5.14. The van der Waals surface area contributed by atoms with Crippen molar-refractivity contribution >= 4 is 18.4 Å². The molecule has 1 aromatic carbocycles. The van der Waals surface area contributed by atoms with Crippen LogP contribution in [0.1, 0.15) is 25.5 Å². The van der Waals surface area contributed by atoms with Crippen LogP contribution >= 0.6 is 12.4 Å². The Hall–Kier alpha value is -1.26. The van der Waals surface area contributed by atoms with Crippen LogP contribution in [-0.4, -0.2) is 19.2 Å². The van der Waals surface area contributed by atoms with E-state index < -0.39 is 12.0 Å². The summed E-state index contributed by atoms with van der Waals surface area (Å²) in [5, 5.41) is 0. The van der Waals surface area contributed by atoms with Crippen LogP contribution in [0.2, 0.25) is 0 Å². The van der Waals surface area contributed by atoms with Gasteiger partial charge in [-0.05, 0) is 31.5 Å². The summed E-state index contributed by atoms with van der Waals surface area (Å²) >= 11 is 0. The lowest BCUT2D eigenvalue weighted by Crippen LogP contribution is -2.22. The topological polar surface area (TPSA) is 61.5 Å². The maximum Gasteiger partial charge on any atom is 0.327 e. The summed E-state index contributed by atoms with van der Waals surface area (Å²) in [7, 11) is 1.32. The van der Waals surface area contributed by atoms with E-state index in [2.05, 4.69) is 4.74 Å². The van der Waals surface area contributed by atoms with E-state index in [4.69, 9.17) is 10.5 Å². The molecule has 0 aromatic heterocycles. The quantitative estimate of drug-likeness (QED) is 0.841. The summed E-state index contributed by atoms with van der Waals surface area (Å²) in [6.07, 6.45) is 0.125. The molecule has 0 aliphatic carbocycles. The number of carbonyl (C=O) groups is 1. The third kappa shape index (κ3) is 4.63. The Morgan fingerprint density at radius 2 is 1.76 bits per heavy atom. The van der Waals surface area contributed by atoms with E-state index in [9.17, 15) is 4.79 Å². The molecule has 0 aliphatic heterocycles. The van der Waals surface area contributed by atoms with Gasteiger partial charge in [0.15, 0.2) is 0 Å². The molecule has 0 fully saturated rings. The van der Waals surface area contributed by atoms with Gasteiger partial charge in [-0.2, -0.15) is 0 Å². The van der Waals surface area contributed by atoms with Crippen LogP contribution in [0.15, 0.2) is 24.3 Å². The minimum absolute atomic E-state index is 0. The molecule has 0 saturated heterocycles. The predicted molar refractivity (Wildman–Crippen MR) is 68.4 cm³/mol. The molecule has 2 N–H and O–H groups in total. The summed E-state index contributed by atoms with van der Waals surface area (Å²) in [4.78, 5) is 11.2. The maximum absolute atomic E-state index is 11.2. The van der Waals surface area contributed by atoms with Crippen molar-refractivity contribution in [3.05, 3.63) is 29.8 Å². The van der Waals surface area contributed by atoms with Crippen molar-refractivity contribution in [2.75, 3.05) is 7.11 Å². The number of hydrogen-bond donors (Lipinski definition) is 1. The van der Waals surface area contributed by atoms with Gasteiger partial charge in [0.1, 0.15) is 11.8 Å². The number of hydrogen-bond acceptors (Lipinski definition) is 4. The second-order valence-electron chi connectivity index (χ2n) is 3.74. The Kier molecular flexibility index (Phi) is 6.61. The fraction of sp³-hybridized carbons (Fsp3) is 0.417. The molecule has 1 atom stereocenters. The highest BCUT2D eigenvalue weighted by atomic mass is 35.5. The predicted octanol–water partition coefficient (Wildman–Crippen LogP) is 2.07. The van der Waals surface area contributed by atoms with Gasteiger partial charge in [0.05, 0.1) is 13.2 Å². The van der Waals surface area contributed by atoms with Crippen LogP contribution in [0.25, 0.3) is 0 Å². The molecule has 96 valence electrons. The van der Waals surface area contributed by atoms with Gasteiger partial charge >= 0.3 is 5.97 Å². The molecule has 1 rings (SSSR count). The van der Waals surface area contributed by atoms with E-state index in [1.807, 2.05) is 13.8 Å². The van der Waals surface area contributed by atoms with Gasteiger partial charge < -0.3 is 15.2 Å². The molecule has 0 radical (unpaired) electrons.